The number of nitrogen functional groups attached to an aromatic ring is 1. The summed E-state index contributed by atoms with van der Waals surface area (Å²) in [7, 11) is 1.26. The van der Waals surface area contributed by atoms with Crippen LogP contribution in [0.15, 0.2) is 27.9 Å². The number of aromatic nitrogens is 2. The summed E-state index contributed by atoms with van der Waals surface area (Å²) in [6.45, 7) is 0. The first-order valence-electron chi connectivity index (χ1n) is 9.23. The van der Waals surface area contributed by atoms with Gasteiger partial charge in [0.1, 0.15) is 29.4 Å². The molecule has 1 saturated heterocycles. The van der Waals surface area contributed by atoms with E-state index in [0.717, 1.165) is 27.6 Å². The van der Waals surface area contributed by atoms with Crippen molar-refractivity contribution < 1.29 is 53.9 Å². The molecule has 2 aromatic rings. The summed E-state index contributed by atoms with van der Waals surface area (Å²) in [6.07, 6.45) is 3.10. The molecule has 0 spiro atoms. The molecule has 2 aliphatic rings. The first kappa shape index (κ1) is 27.9. The molecule has 4 heterocycles. The van der Waals surface area contributed by atoms with Crippen LogP contribution in [0.3, 0.4) is 0 Å². The van der Waals surface area contributed by atoms with Crippen LogP contribution in [0.5, 0.6) is 0 Å². The van der Waals surface area contributed by atoms with E-state index in [1.54, 1.807) is 6.08 Å². The van der Waals surface area contributed by atoms with Crippen molar-refractivity contribution >= 4 is 92.3 Å². The molecule has 17 heteroatoms. The fraction of sp³-hybridized carbons (Fsp3) is 0.222. The van der Waals surface area contributed by atoms with E-state index in [9.17, 15) is 19.5 Å². The number of halogens is 2. The molecule has 2 aliphatic heterocycles. The van der Waals surface area contributed by atoms with E-state index in [2.05, 4.69) is 20.4 Å². The zero-order valence-electron chi connectivity index (χ0n) is 18.0. The third kappa shape index (κ3) is 5.69. The van der Waals surface area contributed by atoms with Crippen LogP contribution in [-0.4, -0.2) is 62.6 Å². The van der Waals surface area contributed by atoms with E-state index < -0.39 is 29.2 Å². The SMILES string of the molecule is CON=C(C(=O)NC1C(=O)N2C(C(=O)[O-])=C(C=Cc3sc(Cl)nc3Cl)CS[C@@H]12)c1csc(N)n1.[Na+]. The Labute approximate surface area is 242 Å². The fourth-order valence-electron chi connectivity index (χ4n) is 3.23. The van der Waals surface area contributed by atoms with Crippen LogP contribution in [0, 0.1) is 0 Å². The van der Waals surface area contributed by atoms with Gasteiger partial charge in [-0.15, -0.1) is 34.4 Å². The number of amides is 2. The van der Waals surface area contributed by atoms with E-state index in [4.69, 9.17) is 33.8 Å². The largest absolute Gasteiger partial charge is 1.00 e. The van der Waals surface area contributed by atoms with Gasteiger partial charge in [0.2, 0.25) is 0 Å². The number of carbonyl (C=O) groups is 3. The first-order chi connectivity index (χ1) is 16.2. The van der Waals surface area contributed by atoms with Gasteiger partial charge in [-0.05, 0) is 11.6 Å². The number of rotatable bonds is 7. The average Bonchev–Trinajstić information content (AvgIpc) is 3.36. The molecule has 11 nitrogen and oxygen atoms in total. The molecule has 178 valence electrons. The van der Waals surface area contributed by atoms with Crippen molar-refractivity contribution in [3.8, 4) is 0 Å². The van der Waals surface area contributed by atoms with Crippen LogP contribution in [0.25, 0.3) is 6.08 Å². The Hall–Kier alpha value is -1.65. The monoisotopic (exact) mass is 582 g/mol. The second kappa shape index (κ2) is 11.6. The second-order valence-corrected chi connectivity index (χ2v) is 10.6. The number of thiazole rings is 2. The predicted molar refractivity (Wildman–Crippen MR) is 128 cm³/mol. The molecular weight excluding hydrogens is 570 g/mol. The predicted octanol–water partition coefficient (Wildman–Crippen LogP) is -2.04. The van der Waals surface area contributed by atoms with Crippen molar-refractivity contribution in [3.05, 3.63) is 42.9 Å². The maximum atomic E-state index is 12.8. The summed E-state index contributed by atoms with van der Waals surface area (Å²) in [5.74, 6) is -2.60. The number of nitrogens with two attached hydrogens (primary N) is 1. The molecule has 2 amide bonds. The number of oxime groups is 1. The van der Waals surface area contributed by atoms with Gasteiger partial charge in [-0.2, -0.15) is 0 Å². The molecular formula is C18H13Cl2N6NaO5S3. The minimum atomic E-state index is -1.52. The number of allylic oxidation sites excluding steroid dienone is 1. The number of thioether (sulfide) groups is 1. The number of nitrogens with zero attached hydrogens (tertiary/aromatic N) is 4. The third-order valence-corrected chi connectivity index (χ3v) is 8.16. The van der Waals surface area contributed by atoms with Crippen LogP contribution in [-0.2, 0) is 19.2 Å². The molecule has 1 fully saturated rings. The van der Waals surface area contributed by atoms with Gasteiger partial charge in [0, 0.05) is 11.1 Å². The van der Waals surface area contributed by atoms with E-state index >= 15 is 0 Å². The zero-order valence-corrected chi connectivity index (χ0v) is 23.9. The van der Waals surface area contributed by atoms with E-state index in [1.807, 2.05) is 0 Å². The molecule has 0 bridgehead atoms. The molecule has 2 aromatic heterocycles. The molecule has 0 aromatic carbocycles. The molecule has 3 N–H and O–H groups in total. The Morgan fingerprint density at radius 1 is 1.37 bits per heavy atom. The molecule has 0 saturated carbocycles. The number of aliphatic carboxylic acids is 1. The van der Waals surface area contributed by atoms with E-state index in [0.29, 0.717) is 10.5 Å². The van der Waals surface area contributed by atoms with Crippen LogP contribution >= 0.6 is 57.6 Å². The third-order valence-electron chi connectivity index (χ3n) is 4.66. The van der Waals surface area contributed by atoms with Crippen molar-refractivity contribution in [2.45, 2.75) is 11.4 Å². The Kier molecular flexibility index (Phi) is 9.26. The van der Waals surface area contributed by atoms with Crippen LogP contribution in [0.4, 0.5) is 5.13 Å². The molecule has 4 rings (SSSR count). The van der Waals surface area contributed by atoms with Crippen molar-refractivity contribution in [1.29, 1.82) is 0 Å². The first-order valence-corrected chi connectivity index (χ1v) is 12.7. The van der Waals surface area contributed by atoms with Crippen LogP contribution in [0.1, 0.15) is 10.6 Å². The summed E-state index contributed by atoms with van der Waals surface area (Å²) >= 11 is 15.3. The molecule has 2 atom stereocenters. The number of carboxylic acid groups (broad SMARTS) is 1. The summed E-state index contributed by atoms with van der Waals surface area (Å²) in [5.41, 5.74) is 5.71. The van der Waals surface area contributed by atoms with Crippen LogP contribution in [0.2, 0.25) is 9.62 Å². The minimum Gasteiger partial charge on any atom is -0.543 e. The summed E-state index contributed by atoms with van der Waals surface area (Å²) in [4.78, 5) is 51.7. The van der Waals surface area contributed by atoms with E-state index in [-0.39, 0.29) is 67.2 Å². The number of fused-ring (bicyclic) bond motifs is 1. The van der Waals surface area contributed by atoms with Gasteiger partial charge in [-0.25, -0.2) is 9.97 Å². The molecule has 35 heavy (non-hydrogen) atoms. The number of carboxylic acids is 1. The maximum Gasteiger partial charge on any atom is 1.00 e. The van der Waals surface area contributed by atoms with E-state index in [1.165, 1.54) is 30.3 Å². The Bertz CT molecular complexity index is 1280. The van der Waals surface area contributed by atoms with Gasteiger partial charge < -0.3 is 25.8 Å². The van der Waals surface area contributed by atoms with Gasteiger partial charge in [0.25, 0.3) is 11.8 Å². The molecule has 0 aliphatic carbocycles. The average molecular weight is 583 g/mol. The number of nitrogens with one attached hydrogen (secondary N) is 1. The number of β-lactam (4-membered cyclic amide) rings is 1. The zero-order chi connectivity index (χ0) is 24.6. The summed E-state index contributed by atoms with van der Waals surface area (Å²) in [5, 5.41) is 19.4. The summed E-state index contributed by atoms with van der Waals surface area (Å²) < 4.78 is 0.241. The topological polar surface area (TPSA) is 163 Å². The number of hydrogen-bond donors (Lipinski definition) is 2. The number of hydrogen-bond acceptors (Lipinski definition) is 12. The van der Waals surface area contributed by atoms with Gasteiger partial charge >= 0.3 is 29.6 Å². The molecule has 1 unspecified atom stereocenters. The standard InChI is InChI=1S/C18H14Cl2N6O5S3.Na/c1-31-25-9(7-5-33-18(21)22-7)13(27)23-10-14(28)26-11(16(29)30)6(4-32-15(10)26)2-3-8-12(19)24-17(20)34-8;/h2-3,5,10,15H,4H2,1H3,(H2,21,22)(H,23,27)(H,29,30);/q;+1/p-1/t10?,15-;/m0./s1. The normalized spacial score (nSPS) is 19.8. The van der Waals surface area contributed by atoms with Crippen molar-refractivity contribution in [3.63, 3.8) is 0 Å². The fourth-order valence-corrected chi connectivity index (χ4v) is 6.37. The van der Waals surface area contributed by atoms with Crippen LogP contribution < -0.4 is 45.7 Å². The second-order valence-electron chi connectivity index (χ2n) is 6.67. The van der Waals surface area contributed by atoms with Crippen molar-refractivity contribution in [1.82, 2.24) is 20.2 Å². The van der Waals surface area contributed by atoms with Crippen molar-refractivity contribution in [2.24, 2.45) is 5.16 Å². The Balaban J connectivity index is 0.00000342. The number of anilines is 1. The maximum absolute atomic E-state index is 12.8. The van der Waals surface area contributed by atoms with Gasteiger partial charge in [0.05, 0.1) is 16.5 Å². The summed E-state index contributed by atoms with van der Waals surface area (Å²) in [6, 6.07) is -0.981. The van der Waals surface area contributed by atoms with Gasteiger partial charge in [-0.1, -0.05) is 34.4 Å². The smallest absolute Gasteiger partial charge is 0.543 e. The Morgan fingerprint density at radius 2 is 2.11 bits per heavy atom. The number of carbonyl (C=O) groups excluding carboxylic acids is 3. The minimum absolute atomic E-state index is 0. The van der Waals surface area contributed by atoms with Gasteiger partial charge in [-0.3, -0.25) is 14.5 Å². The van der Waals surface area contributed by atoms with Crippen molar-refractivity contribution in [2.75, 3.05) is 18.6 Å². The van der Waals surface area contributed by atoms with Gasteiger partial charge in [0.15, 0.2) is 15.3 Å². The quantitative estimate of drug-likeness (QED) is 0.162. The Morgan fingerprint density at radius 3 is 2.69 bits per heavy atom. The molecule has 0 radical (unpaired) electrons.